The van der Waals surface area contributed by atoms with Crippen LogP contribution in [0, 0.1) is 6.92 Å². The Hall–Kier alpha value is -1.07. The van der Waals surface area contributed by atoms with Gasteiger partial charge in [0.1, 0.15) is 0 Å². The first kappa shape index (κ1) is 15.3. The molecule has 0 aliphatic carbocycles. The fourth-order valence-corrected chi connectivity index (χ4v) is 2.82. The summed E-state index contributed by atoms with van der Waals surface area (Å²) in [5, 5.41) is 9.48. The topological polar surface area (TPSA) is 23.5 Å². The maximum Gasteiger partial charge on any atom is 0.391 e. The molecule has 1 N–H and O–H groups in total. The van der Waals surface area contributed by atoms with Crippen molar-refractivity contribution in [3.8, 4) is 0 Å². The largest absolute Gasteiger partial charge is 0.391 e. The summed E-state index contributed by atoms with van der Waals surface area (Å²) in [5.41, 5.74) is 2.43. The number of benzene rings is 1. The molecule has 2 atom stereocenters. The predicted molar refractivity (Wildman–Crippen MR) is 71.7 cm³/mol. The van der Waals surface area contributed by atoms with Crippen LogP contribution in [0.2, 0.25) is 0 Å². The molecule has 1 fully saturated rings. The quantitative estimate of drug-likeness (QED) is 0.920. The number of likely N-dealkylation sites (tertiary alicyclic amines) is 1. The van der Waals surface area contributed by atoms with Crippen LogP contribution in [0.25, 0.3) is 0 Å². The van der Waals surface area contributed by atoms with Crippen molar-refractivity contribution in [1.82, 2.24) is 4.90 Å². The van der Waals surface area contributed by atoms with Crippen LogP contribution < -0.4 is 0 Å². The summed E-state index contributed by atoms with van der Waals surface area (Å²) in [4.78, 5) is 1.92. The van der Waals surface area contributed by atoms with E-state index in [1.165, 1.54) is 11.1 Å². The average molecular weight is 287 g/mol. The first-order valence-corrected chi connectivity index (χ1v) is 6.87. The predicted octanol–water partition coefficient (Wildman–Crippen LogP) is 3.10. The van der Waals surface area contributed by atoms with Gasteiger partial charge in [-0.15, -0.1) is 0 Å². The SMILES string of the molecule is Cc1cccc([C@@H]2CCN(C[C@@H](O)CC(F)(F)F)C2)c1. The van der Waals surface area contributed by atoms with Gasteiger partial charge in [-0.25, -0.2) is 0 Å². The fraction of sp³-hybridized carbons (Fsp3) is 0.600. The highest BCUT2D eigenvalue weighted by atomic mass is 19.4. The summed E-state index contributed by atoms with van der Waals surface area (Å²) in [6.45, 7) is 3.59. The Bertz CT molecular complexity index is 447. The lowest BCUT2D eigenvalue weighted by molar-refractivity contribution is -0.155. The first-order valence-electron chi connectivity index (χ1n) is 6.87. The van der Waals surface area contributed by atoms with E-state index in [4.69, 9.17) is 0 Å². The Morgan fingerprint density at radius 3 is 2.80 bits per heavy atom. The van der Waals surface area contributed by atoms with Gasteiger partial charge in [0.05, 0.1) is 12.5 Å². The highest BCUT2D eigenvalue weighted by Crippen LogP contribution is 2.29. The molecule has 1 aromatic rings. The summed E-state index contributed by atoms with van der Waals surface area (Å²) in [6, 6.07) is 8.22. The summed E-state index contributed by atoms with van der Waals surface area (Å²) >= 11 is 0. The number of hydrogen-bond acceptors (Lipinski definition) is 2. The molecule has 1 aliphatic heterocycles. The van der Waals surface area contributed by atoms with E-state index in [1.54, 1.807) is 0 Å². The maximum absolute atomic E-state index is 12.2. The van der Waals surface area contributed by atoms with Crippen molar-refractivity contribution >= 4 is 0 Å². The summed E-state index contributed by atoms with van der Waals surface area (Å²) < 4.78 is 36.6. The van der Waals surface area contributed by atoms with Gasteiger partial charge >= 0.3 is 6.18 Å². The molecule has 5 heteroatoms. The summed E-state index contributed by atoms with van der Waals surface area (Å²) in [5.74, 6) is 0.355. The number of nitrogens with zero attached hydrogens (tertiary/aromatic N) is 1. The third-order valence-corrected chi connectivity index (χ3v) is 3.72. The molecular formula is C15H20F3NO. The minimum atomic E-state index is -4.30. The van der Waals surface area contributed by atoms with Crippen LogP contribution in [-0.2, 0) is 0 Å². The zero-order chi connectivity index (χ0) is 14.8. The molecule has 1 aromatic carbocycles. The van der Waals surface area contributed by atoms with Gasteiger partial charge < -0.3 is 10.0 Å². The van der Waals surface area contributed by atoms with Gasteiger partial charge in [-0.3, -0.25) is 0 Å². The summed E-state index contributed by atoms with van der Waals surface area (Å²) in [6.07, 6.45) is -5.82. The van der Waals surface area contributed by atoms with Crippen LogP contribution in [0.15, 0.2) is 24.3 Å². The van der Waals surface area contributed by atoms with E-state index in [9.17, 15) is 18.3 Å². The smallest absolute Gasteiger partial charge is 0.391 e. The third-order valence-electron chi connectivity index (χ3n) is 3.72. The van der Waals surface area contributed by atoms with Crippen molar-refractivity contribution < 1.29 is 18.3 Å². The molecule has 20 heavy (non-hydrogen) atoms. The van der Waals surface area contributed by atoms with Crippen molar-refractivity contribution in [3.63, 3.8) is 0 Å². The molecule has 0 saturated carbocycles. The molecule has 1 aliphatic rings. The Morgan fingerprint density at radius 2 is 2.15 bits per heavy atom. The van der Waals surface area contributed by atoms with E-state index in [1.807, 2.05) is 24.0 Å². The van der Waals surface area contributed by atoms with Crippen molar-refractivity contribution in [2.45, 2.75) is 38.0 Å². The minimum absolute atomic E-state index is 0.0990. The van der Waals surface area contributed by atoms with Crippen molar-refractivity contribution in [3.05, 3.63) is 35.4 Å². The highest BCUT2D eigenvalue weighted by molar-refractivity contribution is 5.26. The van der Waals surface area contributed by atoms with Gasteiger partial charge in [-0.1, -0.05) is 29.8 Å². The van der Waals surface area contributed by atoms with Crippen molar-refractivity contribution in [1.29, 1.82) is 0 Å². The Kier molecular flexibility index (Phi) is 4.70. The van der Waals surface area contributed by atoms with E-state index in [0.29, 0.717) is 5.92 Å². The number of aryl methyl sites for hydroxylation is 1. The highest BCUT2D eigenvalue weighted by Gasteiger charge is 2.33. The van der Waals surface area contributed by atoms with Gasteiger partial charge in [-0.05, 0) is 31.4 Å². The van der Waals surface area contributed by atoms with Crippen LogP contribution in [0.5, 0.6) is 0 Å². The van der Waals surface area contributed by atoms with Crippen molar-refractivity contribution in [2.24, 2.45) is 0 Å². The standard InChI is InChI=1S/C15H20F3NO/c1-11-3-2-4-12(7-11)13-5-6-19(9-13)10-14(20)8-15(16,17)18/h2-4,7,13-14,20H,5-6,8-10H2,1H3/t13-,14+/m1/s1. The normalized spacial score (nSPS) is 22.1. The summed E-state index contributed by atoms with van der Waals surface area (Å²) in [7, 11) is 0. The third kappa shape index (κ3) is 4.49. The molecule has 112 valence electrons. The lowest BCUT2D eigenvalue weighted by Crippen LogP contribution is -2.33. The number of aliphatic hydroxyl groups is 1. The Labute approximate surface area is 117 Å². The van der Waals surface area contributed by atoms with E-state index in [0.717, 1.165) is 19.5 Å². The lowest BCUT2D eigenvalue weighted by atomic mass is 9.97. The van der Waals surface area contributed by atoms with E-state index in [2.05, 4.69) is 12.1 Å². The second kappa shape index (κ2) is 6.14. The second-order valence-corrected chi connectivity index (χ2v) is 5.63. The number of hydrogen-bond donors (Lipinski definition) is 1. The number of halogens is 3. The molecule has 0 bridgehead atoms. The van der Waals surface area contributed by atoms with E-state index < -0.39 is 18.7 Å². The molecule has 2 nitrogen and oxygen atoms in total. The van der Waals surface area contributed by atoms with Gasteiger partial charge in [0, 0.05) is 13.1 Å². The van der Waals surface area contributed by atoms with Crippen molar-refractivity contribution in [2.75, 3.05) is 19.6 Å². The fourth-order valence-electron chi connectivity index (χ4n) is 2.82. The van der Waals surface area contributed by atoms with Crippen LogP contribution in [0.4, 0.5) is 13.2 Å². The Balaban J connectivity index is 1.86. The minimum Gasteiger partial charge on any atom is -0.391 e. The van der Waals surface area contributed by atoms with Crippen LogP contribution in [0.3, 0.4) is 0 Å². The molecular weight excluding hydrogens is 267 g/mol. The first-order chi connectivity index (χ1) is 9.33. The number of β-amino-alcohol motifs (C(OH)–C–C–N with tert-alkyl or cyclic N) is 1. The number of alkyl halides is 3. The zero-order valence-corrected chi connectivity index (χ0v) is 11.5. The van der Waals surface area contributed by atoms with Crippen LogP contribution in [-0.4, -0.2) is 41.9 Å². The van der Waals surface area contributed by atoms with Gasteiger partial charge in [0.25, 0.3) is 0 Å². The lowest BCUT2D eigenvalue weighted by Gasteiger charge is -2.21. The van der Waals surface area contributed by atoms with Crippen LogP contribution >= 0.6 is 0 Å². The molecule has 0 unspecified atom stereocenters. The molecule has 2 rings (SSSR count). The Morgan fingerprint density at radius 1 is 1.40 bits per heavy atom. The van der Waals surface area contributed by atoms with E-state index in [-0.39, 0.29) is 6.54 Å². The maximum atomic E-state index is 12.2. The zero-order valence-electron chi connectivity index (χ0n) is 11.5. The second-order valence-electron chi connectivity index (χ2n) is 5.63. The van der Waals surface area contributed by atoms with E-state index >= 15 is 0 Å². The monoisotopic (exact) mass is 287 g/mol. The molecule has 0 amide bonds. The molecule has 1 saturated heterocycles. The van der Waals surface area contributed by atoms with Gasteiger partial charge in [-0.2, -0.15) is 13.2 Å². The molecule has 1 heterocycles. The average Bonchev–Trinajstić information content (AvgIpc) is 2.74. The van der Waals surface area contributed by atoms with Crippen LogP contribution in [0.1, 0.15) is 29.9 Å². The molecule has 0 aromatic heterocycles. The number of aliphatic hydroxyl groups excluding tert-OH is 1. The number of rotatable bonds is 4. The van der Waals surface area contributed by atoms with Gasteiger partial charge in [0.2, 0.25) is 0 Å². The molecule has 0 spiro atoms. The van der Waals surface area contributed by atoms with Gasteiger partial charge in [0.15, 0.2) is 0 Å². The molecule has 0 radical (unpaired) electrons.